The van der Waals surface area contributed by atoms with Crippen LogP contribution in [0.1, 0.15) is 31.7 Å². The quantitative estimate of drug-likeness (QED) is 0.305. The molecule has 0 saturated heterocycles. The lowest BCUT2D eigenvalue weighted by molar-refractivity contribution is 0.421. The SMILES string of the molecule is CCC(CN(C)c1nc(-c2cc(-c3ccon3)n(Cc3ccccc3F)n2)ncc1F)NS(=O)(=O)C1CC1. The lowest BCUT2D eigenvalue weighted by Gasteiger charge is -2.25. The van der Waals surface area contributed by atoms with Crippen molar-refractivity contribution >= 4 is 15.8 Å². The molecule has 10 nitrogen and oxygen atoms in total. The summed E-state index contributed by atoms with van der Waals surface area (Å²) in [6.45, 7) is 2.19. The fourth-order valence-corrected chi connectivity index (χ4v) is 5.76. The van der Waals surface area contributed by atoms with Gasteiger partial charge in [-0.05, 0) is 31.4 Å². The van der Waals surface area contributed by atoms with Gasteiger partial charge in [-0.2, -0.15) is 5.10 Å². The van der Waals surface area contributed by atoms with Crippen LogP contribution in [0.25, 0.3) is 22.9 Å². The molecule has 200 valence electrons. The number of aromatic nitrogens is 5. The predicted molar refractivity (Wildman–Crippen MR) is 137 cm³/mol. The molecule has 3 aromatic heterocycles. The number of halogens is 2. The first kappa shape index (κ1) is 25.9. The zero-order valence-electron chi connectivity index (χ0n) is 20.9. The van der Waals surface area contributed by atoms with Crippen LogP contribution in [0, 0.1) is 11.6 Å². The van der Waals surface area contributed by atoms with Gasteiger partial charge in [-0.15, -0.1) is 0 Å². The Bertz CT molecular complexity index is 1520. The van der Waals surface area contributed by atoms with Gasteiger partial charge in [-0.1, -0.05) is 30.3 Å². The molecule has 0 radical (unpaired) electrons. The van der Waals surface area contributed by atoms with Crippen molar-refractivity contribution in [1.29, 1.82) is 0 Å². The molecule has 0 bridgehead atoms. The lowest BCUT2D eigenvalue weighted by Crippen LogP contribution is -2.44. The summed E-state index contributed by atoms with van der Waals surface area (Å²) in [7, 11) is -1.76. The van der Waals surface area contributed by atoms with Crippen molar-refractivity contribution in [2.45, 2.75) is 44.0 Å². The number of hydrogen-bond donors (Lipinski definition) is 1. The number of likely N-dealkylation sites (N-methyl/N-ethyl adjacent to an activating group) is 1. The van der Waals surface area contributed by atoms with Crippen molar-refractivity contribution in [3.05, 3.63) is 66.1 Å². The summed E-state index contributed by atoms with van der Waals surface area (Å²) >= 11 is 0. The van der Waals surface area contributed by atoms with Crippen LogP contribution < -0.4 is 9.62 Å². The number of nitrogens with one attached hydrogen (secondary N) is 1. The molecule has 1 fully saturated rings. The van der Waals surface area contributed by atoms with E-state index in [-0.39, 0.29) is 35.8 Å². The summed E-state index contributed by atoms with van der Waals surface area (Å²) in [5, 5.41) is 8.19. The van der Waals surface area contributed by atoms with E-state index in [0.29, 0.717) is 41.9 Å². The van der Waals surface area contributed by atoms with Crippen molar-refractivity contribution in [2.75, 3.05) is 18.5 Å². The van der Waals surface area contributed by atoms with E-state index in [1.165, 1.54) is 12.3 Å². The molecule has 0 spiro atoms. The van der Waals surface area contributed by atoms with Gasteiger partial charge in [0, 0.05) is 31.3 Å². The van der Waals surface area contributed by atoms with Crippen molar-refractivity contribution in [3.63, 3.8) is 0 Å². The van der Waals surface area contributed by atoms with Gasteiger partial charge in [0.15, 0.2) is 17.5 Å². The average Bonchev–Trinajstić information content (AvgIpc) is 3.48. The second-order valence-corrected chi connectivity index (χ2v) is 11.3. The highest BCUT2D eigenvalue weighted by molar-refractivity contribution is 7.90. The Morgan fingerprint density at radius 3 is 2.66 bits per heavy atom. The van der Waals surface area contributed by atoms with E-state index in [2.05, 4.69) is 24.9 Å². The van der Waals surface area contributed by atoms with Crippen LogP contribution >= 0.6 is 0 Å². The molecule has 4 aromatic rings. The molecule has 1 unspecified atom stereocenters. The van der Waals surface area contributed by atoms with Crippen LogP contribution in [0.3, 0.4) is 0 Å². The van der Waals surface area contributed by atoms with Gasteiger partial charge >= 0.3 is 0 Å². The summed E-state index contributed by atoms with van der Waals surface area (Å²) in [6, 6.07) is 9.28. The fraction of sp³-hybridized carbons (Fsp3) is 0.360. The third kappa shape index (κ3) is 5.58. The first-order valence-corrected chi connectivity index (χ1v) is 13.8. The van der Waals surface area contributed by atoms with Crippen molar-refractivity contribution in [2.24, 2.45) is 0 Å². The zero-order valence-corrected chi connectivity index (χ0v) is 21.7. The van der Waals surface area contributed by atoms with Crippen LogP contribution in [0.2, 0.25) is 0 Å². The van der Waals surface area contributed by atoms with Gasteiger partial charge in [0.2, 0.25) is 10.0 Å². The molecular weight excluding hydrogens is 516 g/mol. The zero-order chi connectivity index (χ0) is 26.9. The van der Waals surface area contributed by atoms with Crippen LogP contribution in [0.4, 0.5) is 14.6 Å². The first-order valence-electron chi connectivity index (χ1n) is 12.2. The molecule has 1 aromatic carbocycles. The molecule has 1 N–H and O–H groups in total. The minimum Gasteiger partial charge on any atom is -0.364 e. The minimum atomic E-state index is -3.40. The Hall–Kier alpha value is -3.71. The van der Waals surface area contributed by atoms with Gasteiger partial charge in [-0.25, -0.2) is 31.9 Å². The van der Waals surface area contributed by atoms with Gasteiger partial charge in [0.1, 0.15) is 23.5 Å². The second-order valence-electron chi connectivity index (χ2n) is 9.26. The summed E-state index contributed by atoms with van der Waals surface area (Å²) in [4.78, 5) is 10.1. The van der Waals surface area contributed by atoms with Gasteiger partial charge < -0.3 is 9.42 Å². The maximum atomic E-state index is 14.8. The average molecular weight is 544 g/mol. The largest absolute Gasteiger partial charge is 0.364 e. The lowest BCUT2D eigenvalue weighted by atomic mass is 10.2. The van der Waals surface area contributed by atoms with Crippen molar-refractivity contribution in [3.8, 4) is 22.9 Å². The molecule has 1 aliphatic rings. The smallest absolute Gasteiger partial charge is 0.214 e. The molecule has 13 heteroatoms. The van der Waals surface area contributed by atoms with Gasteiger partial charge in [0.05, 0.1) is 23.7 Å². The molecule has 5 rings (SSSR count). The molecular formula is C25H27F2N7O3S. The third-order valence-electron chi connectivity index (χ3n) is 6.36. The Morgan fingerprint density at radius 2 is 1.97 bits per heavy atom. The number of anilines is 1. The summed E-state index contributed by atoms with van der Waals surface area (Å²) < 4.78 is 63.2. The maximum absolute atomic E-state index is 14.8. The second kappa shape index (κ2) is 10.6. The van der Waals surface area contributed by atoms with E-state index in [1.807, 2.05) is 6.92 Å². The van der Waals surface area contributed by atoms with Crippen LogP contribution in [-0.2, 0) is 16.6 Å². The minimum absolute atomic E-state index is 0.00529. The highest BCUT2D eigenvalue weighted by Gasteiger charge is 2.37. The summed E-state index contributed by atoms with van der Waals surface area (Å²) in [6.07, 6.45) is 4.31. The van der Waals surface area contributed by atoms with E-state index in [4.69, 9.17) is 4.52 Å². The van der Waals surface area contributed by atoms with Crippen LogP contribution in [0.5, 0.6) is 0 Å². The number of rotatable bonds is 11. The predicted octanol–water partition coefficient (Wildman–Crippen LogP) is 3.62. The monoisotopic (exact) mass is 543 g/mol. The Kier molecular flexibility index (Phi) is 7.21. The van der Waals surface area contributed by atoms with Gasteiger partial charge in [-0.3, -0.25) is 4.68 Å². The number of sulfonamides is 1. The Morgan fingerprint density at radius 1 is 1.18 bits per heavy atom. The molecule has 1 saturated carbocycles. The van der Waals surface area contributed by atoms with Crippen molar-refractivity contribution in [1.82, 2.24) is 29.6 Å². The number of nitrogens with zero attached hydrogens (tertiary/aromatic N) is 6. The molecule has 38 heavy (non-hydrogen) atoms. The molecule has 0 amide bonds. The summed E-state index contributed by atoms with van der Waals surface area (Å²) in [5.41, 5.74) is 1.77. The number of benzene rings is 1. The topological polar surface area (TPSA) is 119 Å². The Balaban J connectivity index is 1.43. The molecule has 3 heterocycles. The summed E-state index contributed by atoms with van der Waals surface area (Å²) in [5.74, 6) is -0.873. The molecule has 1 atom stereocenters. The Labute approximate surface area is 218 Å². The van der Waals surface area contributed by atoms with Crippen LogP contribution in [0.15, 0.2) is 53.4 Å². The molecule has 1 aliphatic carbocycles. The molecule has 0 aliphatic heterocycles. The van der Waals surface area contributed by atoms with Gasteiger partial charge in [0.25, 0.3) is 0 Å². The standard InChI is InChI=1S/C25H27F2N7O3S/c1-3-17(32-38(35,36)18-8-9-18)15-33(2)25-20(27)13-28-24(29-25)22-12-23(21-10-11-37-31-21)34(30-22)14-16-6-4-5-7-19(16)26/h4-7,10-13,17-18,32H,3,8-9,14-15H2,1-2H3. The van der Waals surface area contributed by atoms with E-state index in [0.717, 1.165) is 6.20 Å². The van der Waals surface area contributed by atoms with Crippen molar-refractivity contribution < 1.29 is 21.7 Å². The van der Waals surface area contributed by atoms with E-state index in [1.54, 1.807) is 47.0 Å². The number of hydrogen-bond acceptors (Lipinski definition) is 8. The highest BCUT2D eigenvalue weighted by atomic mass is 32.2. The first-order chi connectivity index (χ1) is 18.2. The third-order valence-corrected chi connectivity index (χ3v) is 8.37. The normalized spacial score (nSPS) is 14.5. The van der Waals surface area contributed by atoms with Crippen LogP contribution in [-0.4, -0.2) is 58.2 Å². The fourth-order valence-electron chi connectivity index (χ4n) is 4.11. The van der Waals surface area contributed by atoms with E-state index >= 15 is 0 Å². The van der Waals surface area contributed by atoms with E-state index in [9.17, 15) is 17.2 Å². The highest BCUT2D eigenvalue weighted by Crippen LogP contribution is 2.29. The van der Waals surface area contributed by atoms with E-state index < -0.39 is 21.9 Å². The maximum Gasteiger partial charge on any atom is 0.214 e.